The summed E-state index contributed by atoms with van der Waals surface area (Å²) in [5.41, 5.74) is 1.63. The fourth-order valence-corrected chi connectivity index (χ4v) is 4.04. The molecule has 24 heavy (non-hydrogen) atoms. The molecule has 1 unspecified atom stereocenters. The van der Waals surface area contributed by atoms with Crippen LogP contribution in [-0.2, 0) is 0 Å². The van der Waals surface area contributed by atoms with Crippen molar-refractivity contribution in [1.82, 2.24) is 20.4 Å². The molecular weight excluding hydrogens is 327 g/mol. The highest BCUT2D eigenvalue weighted by molar-refractivity contribution is 7.20. The first-order valence-electron chi connectivity index (χ1n) is 7.88. The van der Waals surface area contributed by atoms with Crippen molar-refractivity contribution in [3.05, 3.63) is 46.7 Å². The Labute approximate surface area is 142 Å². The predicted octanol–water partition coefficient (Wildman–Crippen LogP) is 2.63. The maximum atomic E-state index is 13.1. The number of aryl methyl sites for hydroxylation is 1. The molecule has 124 valence electrons. The normalized spacial score (nSPS) is 17.5. The van der Waals surface area contributed by atoms with Crippen molar-refractivity contribution >= 4 is 27.5 Å². The molecule has 1 atom stereocenters. The first-order valence-corrected chi connectivity index (χ1v) is 8.70. The number of carbonyl (C=O) groups excluding carboxylic acids is 1. The summed E-state index contributed by atoms with van der Waals surface area (Å²) in [7, 11) is 0. The Morgan fingerprint density at radius 1 is 1.42 bits per heavy atom. The van der Waals surface area contributed by atoms with Crippen LogP contribution in [0, 0.1) is 12.7 Å². The molecule has 5 nitrogen and oxygen atoms in total. The lowest BCUT2D eigenvalue weighted by atomic mass is 10.2. The molecule has 3 heterocycles. The minimum absolute atomic E-state index is 0.0463. The average Bonchev–Trinajstić information content (AvgIpc) is 3.27. The lowest BCUT2D eigenvalue weighted by Crippen LogP contribution is -2.35. The number of nitrogens with one attached hydrogen (secondary N) is 2. The summed E-state index contributed by atoms with van der Waals surface area (Å²) in [6.07, 6.45) is 0.957. The highest BCUT2D eigenvalue weighted by Gasteiger charge is 2.21. The maximum absolute atomic E-state index is 13.1. The smallest absolute Gasteiger partial charge is 0.261 e. The van der Waals surface area contributed by atoms with Gasteiger partial charge in [0.2, 0.25) is 0 Å². The second-order valence-corrected chi connectivity index (χ2v) is 7.00. The van der Waals surface area contributed by atoms with Crippen LogP contribution < -0.4 is 10.6 Å². The van der Waals surface area contributed by atoms with Crippen molar-refractivity contribution in [2.45, 2.75) is 19.4 Å². The molecule has 1 aliphatic heterocycles. The summed E-state index contributed by atoms with van der Waals surface area (Å²) in [6, 6.07) is 8.27. The lowest BCUT2D eigenvalue weighted by molar-refractivity contribution is 0.0944. The first kappa shape index (κ1) is 15.3. The topological polar surface area (TPSA) is 59.0 Å². The molecule has 0 saturated carbocycles. The van der Waals surface area contributed by atoms with E-state index in [-0.39, 0.29) is 17.8 Å². The zero-order chi connectivity index (χ0) is 16.7. The summed E-state index contributed by atoms with van der Waals surface area (Å²) in [5, 5.41) is 11.8. The van der Waals surface area contributed by atoms with E-state index < -0.39 is 0 Å². The van der Waals surface area contributed by atoms with Gasteiger partial charge in [-0.3, -0.25) is 4.79 Å². The molecule has 1 aliphatic rings. The quantitative estimate of drug-likeness (QED) is 0.768. The Morgan fingerprint density at radius 3 is 2.92 bits per heavy atom. The number of halogens is 1. The monoisotopic (exact) mass is 344 g/mol. The van der Waals surface area contributed by atoms with Gasteiger partial charge in [0.1, 0.15) is 10.6 Å². The largest absolute Gasteiger partial charge is 0.347 e. The molecule has 1 fully saturated rings. The summed E-state index contributed by atoms with van der Waals surface area (Å²) < 4.78 is 14.9. The van der Waals surface area contributed by atoms with Gasteiger partial charge >= 0.3 is 0 Å². The zero-order valence-electron chi connectivity index (χ0n) is 13.2. The highest BCUT2D eigenvalue weighted by atomic mass is 32.1. The van der Waals surface area contributed by atoms with Crippen molar-refractivity contribution in [3.8, 4) is 5.69 Å². The summed E-state index contributed by atoms with van der Waals surface area (Å²) in [6.45, 7) is 3.67. The molecule has 3 aromatic rings. The van der Waals surface area contributed by atoms with E-state index in [9.17, 15) is 9.18 Å². The van der Waals surface area contributed by atoms with Gasteiger partial charge in [-0.2, -0.15) is 5.10 Å². The third-order valence-electron chi connectivity index (χ3n) is 4.24. The number of nitrogens with zero attached hydrogens (tertiary/aromatic N) is 2. The summed E-state index contributed by atoms with van der Waals surface area (Å²) in [4.78, 5) is 14.0. The van der Waals surface area contributed by atoms with Crippen LogP contribution in [0.25, 0.3) is 15.9 Å². The Hall–Kier alpha value is -2.25. The van der Waals surface area contributed by atoms with Gasteiger partial charge in [0.25, 0.3) is 5.91 Å². The number of thiophene rings is 1. The first-order chi connectivity index (χ1) is 11.6. The van der Waals surface area contributed by atoms with Crippen LogP contribution in [0.3, 0.4) is 0 Å². The Balaban J connectivity index is 1.68. The van der Waals surface area contributed by atoms with E-state index in [0.717, 1.165) is 41.1 Å². The van der Waals surface area contributed by atoms with Gasteiger partial charge in [0.15, 0.2) is 0 Å². The average molecular weight is 344 g/mol. The van der Waals surface area contributed by atoms with Crippen LogP contribution in [0.2, 0.25) is 0 Å². The number of rotatable bonds is 3. The van der Waals surface area contributed by atoms with Crippen molar-refractivity contribution in [2.75, 3.05) is 13.1 Å². The van der Waals surface area contributed by atoms with E-state index in [1.807, 2.05) is 13.0 Å². The molecule has 7 heteroatoms. The van der Waals surface area contributed by atoms with Gasteiger partial charge in [0.05, 0.1) is 16.3 Å². The molecule has 0 bridgehead atoms. The van der Waals surface area contributed by atoms with Crippen LogP contribution in [-0.4, -0.2) is 34.8 Å². The number of benzene rings is 1. The molecule has 2 aromatic heterocycles. The van der Waals surface area contributed by atoms with E-state index >= 15 is 0 Å². The van der Waals surface area contributed by atoms with Crippen molar-refractivity contribution < 1.29 is 9.18 Å². The number of hydrogen-bond donors (Lipinski definition) is 2. The number of fused-ring (bicyclic) bond motifs is 1. The van der Waals surface area contributed by atoms with E-state index in [2.05, 4.69) is 15.7 Å². The molecule has 4 rings (SSSR count). The van der Waals surface area contributed by atoms with Crippen molar-refractivity contribution in [2.24, 2.45) is 0 Å². The molecule has 0 aliphatic carbocycles. The van der Waals surface area contributed by atoms with Crippen LogP contribution >= 0.6 is 11.3 Å². The predicted molar refractivity (Wildman–Crippen MR) is 92.4 cm³/mol. The van der Waals surface area contributed by atoms with E-state index in [0.29, 0.717) is 4.88 Å². The summed E-state index contributed by atoms with van der Waals surface area (Å²) >= 11 is 1.41. The van der Waals surface area contributed by atoms with Gasteiger partial charge in [-0.1, -0.05) is 0 Å². The van der Waals surface area contributed by atoms with Crippen molar-refractivity contribution in [1.29, 1.82) is 0 Å². The second-order valence-electron chi connectivity index (χ2n) is 5.97. The number of carbonyl (C=O) groups is 1. The molecule has 0 radical (unpaired) electrons. The zero-order valence-corrected chi connectivity index (χ0v) is 14.0. The maximum Gasteiger partial charge on any atom is 0.261 e. The molecule has 1 amide bonds. The Kier molecular flexibility index (Phi) is 3.82. The van der Waals surface area contributed by atoms with Crippen LogP contribution in [0.4, 0.5) is 4.39 Å². The fourth-order valence-electron chi connectivity index (χ4n) is 2.95. The van der Waals surface area contributed by atoms with Crippen molar-refractivity contribution in [3.63, 3.8) is 0 Å². The standard InChI is InChI=1S/C17H17FN4OS/c1-10-14-8-15(16(23)20-12-6-7-19-9-12)24-17(14)22(21-10)13-4-2-11(18)3-5-13/h2-5,8,12,19H,6-7,9H2,1H3,(H,20,23). The van der Waals surface area contributed by atoms with Crippen LogP contribution in [0.5, 0.6) is 0 Å². The molecule has 0 spiro atoms. The minimum Gasteiger partial charge on any atom is -0.347 e. The van der Waals surface area contributed by atoms with Crippen LogP contribution in [0.15, 0.2) is 30.3 Å². The fraction of sp³-hybridized carbons (Fsp3) is 0.294. The highest BCUT2D eigenvalue weighted by Crippen LogP contribution is 2.30. The number of amides is 1. The van der Waals surface area contributed by atoms with E-state index in [1.54, 1.807) is 16.8 Å². The Bertz CT molecular complexity index is 893. The van der Waals surface area contributed by atoms with E-state index in [1.165, 1.54) is 23.5 Å². The van der Waals surface area contributed by atoms with Gasteiger partial charge in [-0.15, -0.1) is 11.3 Å². The SMILES string of the molecule is Cc1nn(-c2ccc(F)cc2)c2sc(C(=O)NC3CCNC3)cc12. The summed E-state index contributed by atoms with van der Waals surface area (Å²) in [5.74, 6) is -0.328. The van der Waals surface area contributed by atoms with Crippen LogP contribution in [0.1, 0.15) is 21.8 Å². The van der Waals surface area contributed by atoms with Gasteiger partial charge in [-0.05, 0) is 50.2 Å². The third kappa shape index (κ3) is 2.70. The molecular formula is C17H17FN4OS. The minimum atomic E-state index is -0.282. The second kappa shape index (κ2) is 5.99. The van der Waals surface area contributed by atoms with Gasteiger partial charge in [-0.25, -0.2) is 9.07 Å². The third-order valence-corrected chi connectivity index (χ3v) is 5.34. The number of aromatic nitrogens is 2. The lowest BCUT2D eigenvalue weighted by Gasteiger charge is -2.09. The Morgan fingerprint density at radius 2 is 2.21 bits per heavy atom. The molecule has 1 saturated heterocycles. The number of hydrogen-bond acceptors (Lipinski definition) is 4. The van der Waals surface area contributed by atoms with Gasteiger partial charge < -0.3 is 10.6 Å². The molecule has 1 aromatic carbocycles. The van der Waals surface area contributed by atoms with E-state index in [4.69, 9.17) is 0 Å². The van der Waals surface area contributed by atoms with Gasteiger partial charge in [0, 0.05) is 18.0 Å². The molecule has 2 N–H and O–H groups in total.